The third kappa shape index (κ3) is 3.76. The summed E-state index contributed by atoms with van der Waals surface area (Å²) in [6.45, 7) is 0. The number of nitrogens with zero attached hydrogens (tertiary/aromatic N) is 1. The van der Waals surface area contributed by atoms with E-state index in [9.17, 15) is 0 Å². The summed E-state index contributed by atoms with van der Waals surface area (Å²) >= 11 is 11.5. The molecule has 0 saturated heterocycles. The number of aromatic amines is 1. The van der Waals surface area contributed by atoms with E-state index in [-0.39, 0.29) is 0 Å². The number of aromatic nitrogens is 2. The second-order valence-electron chi connectivity index (χ2n) is 6.04. The number of imidazole rings is 1. The van der Waals surface area contributed by atoms with Crippen molar-refractivity contribution in [2.24, 2.45) is 5.92 Å². The van der Waals surface area contributed by atoms with Gasteiger partial charge in [0.15, 0.2) is 0 Å². The maximum Gasteiger partial charge on any atom is 0.111 e. The minimum atomic E-state index is 0.688. The van der Waals surface area contributed by atoms with Crippen LogP contribution in [0.4, 0.5) is 0 Å². The van der Waals surface area contributed by atoms with Gasteiger partial charge in [-0.2, -0.15) is 0 Å². The van der Waals surface area contributed by atoms with Gasteiger partial charge in [0.1, 0.15) is 5.82 Å². The van der Waals surface area contributed by atoms with E-state index < -0.39 is 0 Å². The zero-order valence-corrected chi connectivity index (χ0v) is 15.6. The molecule has 118 valence electrons. The zero-order valence-electron chi connectivity index (χ0n) is 12.5. The van der Waals surface area contributed by atoms with Crippen LogP contribution in [0.15, 0.2) is 45.8 Å². The number of fused-ring (bicyclic) bond motifs is 1. The van der Waals surface area contributed by atoms with E-state index in [0.717, 1.165) is 33.7 Å². The summed E-state index contributed by atoms with van der Waals surface area (Å²) in [7, 11) is 0. The SMILES string of the molecule is Clc1cc2nc(Cc3ccc(SCC4CC4)cc3)[nH]c2cc1Br. The second kappa shape index (κ2) is 6.50. The molecule has 1 aromatic heterocycles. The van der Waals surface area contributed by atoms with Crippen LogP contribution in [0.5, 0.6) is 0 Å². The highest BCUT2D eigenvalue weighted by molar-refractivity contribution is 9.10. The lowest BCUT2D eigenvalue weighted by Gasteiger charge is -2.02. The van der Waals surface area contributed by atoms with Crippen molar-refractivity contribution < 1.29 is 0 Å². The molecule has 4 rings (SSSR count). The molecule has 0 amide bonds. The van der Waals surface area contributed by atoms with Gasteiger partial charge in [-0.15, -0.1) is 11.8 Å². The van der Waals surface area contributed by atoms with Crippen LogP contribution in [-0.4, -0.2) is 15.7 Å². The molecule has 0 spiro atoms. The van der Waals surface area contributed by atoms with Crippen molar-refractivity contribution in [3.05, 3.63) is 57.3 Å². The molecule has 1 fully saturated rings. The molecule has 1 aliphatic carbocycles. The van der Waals surface area contributed by atoms with Crippen molar-refractivity contribution in [3.8, 4) is 0 Å². The van der Waals surface area contributed by atoms with Gasteiger partial charge < -0.3 is 4.98 Å². The Morgan fingerprint density at radius 2 is 2.00 bits per heavy atom. The number of thioether (sulfide) groups is 1. The molecule has 0 aliphatic heterocycles. The van der Waals surface area contributed by atoms with Gasteiger partial charge in [0.2, 0.25) is 0 Å². The highest BCUT2D eigenvalue weighted by atomic mass is 79.9. The van der Waals surface area contributed by atoms with Crippen LogP contribution >= 0.6 is 39.3 Å². The summed E-state index contributed by atoms with van der Waals surface area (Å²) in [4.78, 5) is 9.37. The average molecular weight is 408 g/mol. The van der Waals surface area contributed by atoms with Gasteiger partial charge in [-0.3, -0.25) is 0 Å². The van der Waals surface area contributed by atoms with Crippen molar-refractivity contribution in [1.29, 1.82) is 0 Å². The van der Waals surface area contributed by atoms with Crippen molar-refractivity contribution in [3.63, 3.8) is 0 Å². The predicted octanol–water partition coefficient (Wildman–Crippen LogP) is 6.07. The Morgan fingerprint density at radius 3 is 2.74 bits per heavy atom. The van der Waals surface area contributed by atoms with Gasteiger partial charge in [-0.1, -0.05) is 23.7 Å². The fourth-order valence-corrected chi connectivity index (χ4v) is 4.13. The van der Waals surface area contributed by atoms with Gasteiger partial charge in [0.05, 0.1) is 16.1 Å². The molecule has 1 aliphatic rings. The van der Waals surface area contributed by atoms with Crippen LogP contribution in [0.25, 0.3) is 11.0 Å². The molecule has 1 N–H and O–H groups in total. The van der Waals surface area contributed by atoms with E-state index in [1.807, 2.05) is 23.9 Å². The summed E-state index contributed by atoms with van der Waals surface area (Å²) in [5, 5.41) is 0.688. The van der Waals surface area contributed by atoms with Crippen LogP contribution in [0.1, 0.15) is 24.2 Å². The maximum absolute atomic E-state index is 6.13. The minimum Gasteiger partial charge on any atom is -0.342 e. The Hall–Kier alpha value is -0.970. The van der Waals surface area contributed by atoms with Gasteiger partial charge in [0.25, 0.3) is 0 Å². The van der Waals surface area contributed by atoms with E-state index in [2.05, 4.69) is 50.2 Å². The highest BCUT2D eigenvalue weighted by Crippen LogP contribution is 2.35. The maximum atomic E-state index is 6.13. The van der Waals surface area contributed by atoms with E-state index >= 15 is 0 Å². The lowest BCUT2D eigenvalue weighted by molar-refractivity contribution is 0.999. The summed E-state index contributed by atoms with van der Waals surface area (Å²) in [5.74, 6) is 3.19. The van der Waals surface area contributed by atoms with Gasteiger partial charge in [-0.25, -0.2) is 4.98 Å². The first-order valence-corrected chi connectivity index (χ1v) is 9.88. The lowest BCUT2D eigenvalue weighted by Crippen LogP contribution is -1.90. The van der Waals surface area contributed by atoms with E-state index in [1.54, 1.807) is 0 Å². The Balaban J connectivity index is 1.48. The van der Waals surface area contributed by atoms with Gasteiger partial charge >= 0.3 is 0 Å². The summed E-state index contributed by atoms with van der Waals surface area (Å²) in [6.07, 6.45) is 3.63. The third-order valence-corrected chi connectivity index (χ3v) is 6.49. The molecule has 23 heavy (non-hydrogen) atoms. The van der Waals surface area contributed by atoms with Crippen molar-refractivity contribution >= 4 is 50.3 Å². The Kier molecular flexibility index (Phi) is 4.39. The zero-order chi connectivity index (χ0) is 15.8. The van der Waals surface area contributed by atoms with Crippen molar-refractivity contribution in [1.82, 2.24) is 9.97 Å². The smallest absolute Gasteiger partial charge is 0.111 e. The molecule has 0 unspecified atom stereocenters. The first kappa shape index (κ1) is 15.6. The molecule has 0 radical (unpaired) electrons. The summed E-state index contributed by atoms with van der Waals surface area (Å²) in [5.41, 5.74) is 3.18. The summed E-state index contributed by atoms with van der Waals surface area (Å²) < 4.78 is 0.888. The molecule has 5 heteroatoms. The Bertz CT molecular complexity index is 801. The topological polar surface area (TPSA) is 28.7 Å². The largest absolute Gasteiger partial charge is 0.342 e. The van der Waals surface area contributed by atoms with Crippen LogP contribution < -0.4 is 0 Å². The van der Waals surface area contributed by atoms with E-state index in [0.29, 0.717) is 5.02 Å². The highest BCUT2D eigenvalue weighted by Gasteiger charge is 2.20. The number of hydrogen-bond acceptors (Lipinski definition) is 2. The number of hydrogen-bond donors (Lipinski definition) is 1. The van der Waals surface area contributed by atoms with Gasteiger partial charge in [0, 0.05) is 21.5 Å². The molecule has 0 bridgehead atoms. The molecule has 2 nitrogen and oxygen atoms in total. The van der Waals surface area contributed by atoms with Crippen LogP contribution in [0.2, 0.25) is 5.02 Å². The number of benzene rings is 2. The van der Waals surface area contributed by atoms with Gasteiger partial charge in [-0.05, 0) is 64.5 Å². The first-order chi connectivity index (χ1) is 11.2. The van der Waals surface area contributed by atoms with Crippen LogP contribution in [-0.2, 0) is 6.42 Å². The third-order valence-electron chi connectivity index (χ3n) is 4.05. The molecular weight excluding hydrogens is 392 g/mol. The van der Waals surface area contributed by atoms with Crippen molar-refractivity contribution in [2.45, 2.75) is 24.2 Å². The molecule has 1 heterocycles. The van der Waals surface area contributed by atoms with Crippen molar-refractivity contribution in [2.75, 3.05) is 5.75 Å². The fraction of sp³-hybridized carbons (Fsp3) is 0.278. The monoisotopic (exact) mass is 406 g/mol. The molecule has 1 saturated carbocycles. The Labute approximate surface area is 153 Å². The minimum absolute atomic E-state index is 0.688. The van der Waals surface area contributed by atoms with Crippen LogP contribution in [0.3, 0.4) is 0 Å². The molecular formula is C18H16BrClN2S. The average Bonchev–Trinajstić information content (AvgIpc) is 3.29. The standard InChI is InChI=1S/C18H16BrClN2S/c19-14-8-16-17(9-15(14)20)22-18(21-16)7-11-3-5-13(6-4-11)23-10-12-1-2-12/h3-6,8-9,12H,1-2,7,10H2,(H,21,22). The number of halogens is 2. The first-order valence-electron chi connectivity index (χ1n) is 7.73. The fourth-order valence-electron chi connectivity index (χ4n) is 2.54. The van der Waals surface area contributed by atoms with E-state index in [1.165, 1.54) is 29.1 Å². The van der Waals surface area contributed by atoms with E-state index in [4.69, 9.17) is 11.6 Å². The quantitative estimate of drug-likeness (QED) is 0.520. The number of nitrogens with one attached hydrogen (secondary N) is 1. The number of H-pyrrole nitrogens is 1. The second-order valence-corrected chi connectivity index (χ2v) is 8.40. The number of rotatable bonds is 5. The molecule has 3 aromatic rings. The predicted molar refractivity (Wildman–Crippen MR) is 101 cm³/mol. The lowest BCUT2D eigenvalue weighted by atomic mass is 10.1. The molecule has 0 atom stereocenters. The van der Waals surface area contributed by atoms with Crippen LogP contribution in [0, 0.1) is 5.92 Å². The normalized spacial score (nSPS) is 14.5. The molecule has 2 aromatic carbocycles. The summed E-state index contributed by atoms with van der Waals surface area (Å²) in [6, 6.07) is 12.7. The Morgan fingerprint density at radius 1 is 1.22 bits per heavy atom.